The third-order valence-electron chi connectivity index (χ3n) is 3.98. The SMILES string of the molecule is CCC(=O)C1CC(=O)N(C2CCCCC2)C1. The van der Waals surface area contributed by atoms with E-state index in [2.05, 4.69) is 0 Å². The van der Waals surface area contributed by atoms with Crippen LogP contribution in [0.1, 0.15) is 51.9 Å². The van der Waals surface area contributed by atoms with E-state index in [-0.39, 0.29) is 17.6 Å². The molecule has 3 nitrogen and oxygen atoms in total. The number of ketones is 1. The maximum Gasteiger partial charge on any atom is 0.223 e. The minimum Gasteiger partial charge on any atom is -0.339 e. The van der Waals surface area contributed by atoms with E-state index in [1.807, 2.05) is 11.8 Å². The van der Waals surface area contributed by atoms with E-state index < -0.39 is 0 Å². The Morgan fingerprint density at radius 1 is 1.31 bits per heavy atom. The minimum atomic E-state index is -0.0144. The van der Waals surface area contributed by atoms with Gasteiger partial charge in [-0.2, -0.15) is 0 Å². The molecule has 1 aliphatic carbocycles. The van der Waals surface area contributed by atoms with Gasteiger partial charge in [0.1, 0.15) is 5.78 Å². The summed E-state index contributed by atoms with van der Waals surface area (Å²) in [6.45, 7) is 2.58. The summed E-state index contributed by atoms with van der Waals surface area (Å²) >= 11 is 0. The lowest BCUT2D eigenvalue weighted by Crippen LogP contribution is -2.38. The highest BCUT2D eigenvalue weighted by molar-refractivity contribution is 5.90. The molecule has 1 unspecified atom stereocenters. The van der Waals surface area contributed by atoms with E-state index in [1.54, 1.807) is 0 Å². The van der Waals surface area contributed by atoms with Gasteiger partial charge in [0.2, 0.25) is 5.91 Å². The first-order chi connectivity index (χ1) is 7.72. The molecule has 2 rings (SSSR count). The summed E-state index contributed by atoms with van der Waals surface area (Å²) in [7, 11) is 0. The first-order valence-corrected chi connectivity index (χ1v) is 6.54. The molecule has 1 saturated carbocycles. The standard InChI is InChI=1S/C13H21NO2/c1-2-12(15)10-8-13(16)14(9-10)11-6-4-3-5-7-11/h10-11H,2-9H2,1H3. The zero-order valence-corrected chi connectivity index (χ0v) is 10.1. The number of carbonyl (C=O) groups is 2. The van der Waals surface area contributed by atoms with Crippen molar-refractivity contribution in [1.29, 1.82) is 0 Å². The van der Waals surface area contributed by atoms with Crippen molar-refractivity contribution in [1.82, 2.24) is 4.90 Å². The van der Waals surface area contributed by atoms with Crippen LogP contribution < -0.4 is 0 Å². The Kier molecular flexibility index (Phi) is 3.62. The molecule has 1 aliphatic heterocycles. The molecule has 2 fully saturated rings. The van der Waals surface area contributed by atoms with Gasteiger partial charge in [-0.25, -0.2) is 0 Å². The zero-order chi connectivity index (χ0) is 11.5. The van der Waals surface area contributed by atoms with Crippen molar-refractivity contribution in [3.63, 3.8) is 0 Å². The average molecular weight is 223 g/mol. The summed E-state index contributed by atoms with van der Waals surface area (Å²) < 4.78 is 0. The van der Waals surface area contributed by atoms with Crippen LogP contribution in [0.3, 0.4) is 0 Å². The molecule has 0 aromatic carbocycles. The third-order valence-corrected chi connectivity index (χ3v) is 3.98. The number of nitrogens with zero attached hydrogens (tertiary/aromatic N) is 1. The number of hydrogen-bond acceptors (Lipinski definition) is 2. The average Bonchev–Trinajstić information content (AvgIpc) is 2.71. The van der Waals surface area contributed by atoms with Crippen LogP contribution in [0.5, 0.6) is 0 Å². The Morgan fingerprint density at radius 2 is 2.00 bits per heavy atom. The molecular formula is C13H21NO2. The fourth-order valence-electron chi connectivity index (χ4n) is 2.98. The highest BCUT2D eigenvalue weighted by Crippen LogP contribution is 2.29. The summed E-state index contributed by atoms with van der Waals surface area (Å²) in [5, 5.41) is 0. The molecule has 1 heterocycles. The summed E-state index contributed by atoms with van der Waals surface area (Å²) in [6.07, 6.45) is 7.08. The van der Waals surface area contributed by atoms with Crippen LogP contribution in [-0.4, -0.2) is 29.2 Å². The fourth-order valence-corrected chi connectivity index (χ4v) is 2.98. The normalized spacial score (nSPS) is 27.4. The van der Waals surface area contributed by atoms with Crippen molar-refractivity contribution < 1.29 is 9.59 Å². The van der Waals surface area contributed by atoms with E-state index in [0.717, 1.165) is 12.8 Å². The van der Waals surface area contributed by atoms with E-state index in [1.165, 1.54) is 19.3 Å². The summed E-state index contributed by atoms with van der Waals surface area (Å²) in [4.78, 5) is 25.5. The molecule has 1 atom stereocenters. The Morgan fingerprint density at radius 3 is 2.62 bits per heavy atom. The molecule has 0 spiro atoms. The van der Waals surface area contributed by atoms with Gasteiger partial charge in [0.25, 0.3) is 0 Å². The van der Waals surface area contributed by atoms with Gasteiger partial charge in [-0.3, -0.25) is 9.59 Å². The monoisotopic (exact) mass is 223 g/mol. The van der Waals surface area contributed by atoms with E-state index in [9.17, 15) is 9.59 Å². The van der Waals surface area contributed by atoms with Gasteiger partial charge in [-0.1, -0.05) is 26.2 Å². The van der Waals surface area contributed by atoms with E-state index in [0.29, 0.717) is 25.4 Å². The predicted octanol–water partition coefficient (Wildman–Crippen LogP) is 2.15. The van der Waals surface area contributed by atoms with Gasteiger partial charge < -0.3 is 4.90 Å². The second-order valence-electron chi connectivity index (χ2n) is 5.06. The Bertz CT molecular complexity index is 282. The molecule has 0 radical (unpaired) electrons. The maximum atomic E-state index is 11.9. The van der Waals surface area contributed by atoms with Crippen molar-refractivity contribution >= 4 is 11.7 Å². The predicted molar refractivity (Wildman–Crippen MR) is 62.0 cm³/mol. The molecule has 1 amide bonds. The number of Topliss-reactive ketones (excluding diaryl/α,β-unsaturated/α-hetero) is 1. The van der Waals surface area contributed by atoms with Gasteiger partial charge in [-0.05, 0) is 12.8 Å². The van der Waals surface area contributed by atoms with E-state index in [4.69, 9.17) is 0 Å². The van der Waals surface area contributed by atoms with Crippen molar-refractivity contribution in [2.75, 3.05) is 6.54 Å². The summed E-state index contributed by atoms with van der Waals surface area (Å²) in [5.41, 5.74) is 0. The van der Waals surface area contributed by atoms with Gasteiger partial charge in [0.05, 0.1) is 0 Å². The lowest BCUT2D eigenvalue weighted by Gasteiger charge is -2.31. The van der Waals surface area contributed by atoms with Crippen LogP contribution in [0.2, 0.25) is 0 Å². The number of rotatable bonds is 3. The van der Waals surface area contributed by atoms with Crippen LogP contribution in [0.15, 0.2) is 0 Å². The molecular weight excluding hydrogens is 202 g/mol. The van der Waals surface area contributed by atoms with Crippen LogP contribution in [-0.2, 0) is 9.59 Å². The van der Waals surface area contributed by atoms with Crippen molar-refractivity contribution in [3.8, 4) is 0 Å². The van der Waals surface area contributed by atoms with Crippen LogP contribution in [0.4, 0.5) is 0 Å². The summed E-state index contributed by atoms with van der Waals surface area (Å²) in [6, 6.07) is 0.427. The number of likely N-dealkylation sites (tertiary alicyclic amines) is 1. The van der Waals surface area contributed by atoms with Crippen LogP contribution in [0, 0.1) is 5.92 Å². The quantitative estimate of drug-likeness (QED) is 0.735. The highest BCUT2D eigenvalue weighted by atomic mass is 16.2. The number of amides is 1. The Hall–Kier alpha value is -0.860. The number of hydrogen-bond donors (Lipinski definition) is 0. The largest absolute Gasteiger partial charge is 0.339 e. The molecule has 3 heteroatoms. The molecule has 1 saturated heterocycles. The summed E-state index contributed by atoms with van der Waals surface area (Å²) in [5.74, 6) is 0.449. The molecule has 16 heavy (non-hydrogen) atoms. The topological polar surface area (TPSA) is 37.4 Å². The maximum absolute atomic E-state index is 11.9. The van der Waals surface area contributed by atoms with Crippen molar-refractivity contribution in [2.24, 2.45) is 5.92 Å². The lowest BCUT2D eigenvalue weighted by atomic mass is 9.94. The van der Waals surface area contributed by atoms with Gasteiger partial charge in [-0.15, -0.1) is 0 Å². The molecule has 0 N–H and O–H groups in total. The smallest absolute Gasteiger partial charge is 0.223 e. The second-order valence-corrected chi connectivity index (χ2v) is 5.06. The first-order valence-electron chi connectivity index (χ1n) is 6.54. The lowest BCUT2D eigenvalue weighted by molar-refractivity contribution is -0.130. The Labute approximate surface area is 97.2 Å². The molecule has 0 aromatic heterocycles. The van der Waals surface area contributed by atoms with Crippen molar-refractivity contribution in [3.05, 3.63) is 0 Å². The van der Waals surface area contributed by atoms with E-state index >= 15 is 0 Å². The zero-order valence-electron chi connectivity index (χ0n) is 10.1. The molecule has 90 valence electrons. The Balaban J connectivity index is 1.96. The van der Waals surface area contributed by atoms with Crippen LogP contribution >= 0.6 is 0 Å². The number of carbonyl (C=O) groups excluding carboxylic acids is 2. The minimum absolute atomic E-state index is 0.0144. The molecule has 0 aromatic rings. The van der Waals surface area contributed by atoms with Crippen LogP contribution in [0.25, 0.3) is 0 Å². The van der Waals surface area contributed by atoms with Gasteiger partial charge in [0, 0.05) is 31.3 Å². The van der Waals surface area contributed by atoms with Gasteiger partial charge in [0.15, 0.2) is 0 Å². The fraction of sp³-hybridized carbons (Fsp3) is 0.846. The second kappa shape index (κ2) is 4.98. The third kappa shape index (κ3) is 2.28. The molecule has 0 bridgehead atoms. The molecule has 2 aliphatic rings. The van der Waals surface area contributed by atoms with Crippen molar-refractivity contribution in [2.45, 2.75) is 57.9 Å². The van der Waals surface area contributed by atoms with Gasteiger partial charge >= 0.3 is 0 Å². The first kappa shape index (κ1) is 11.6. The highest BCUT2D eigenvalue weighted by Gasteiger charge is 2.37.